The van der Waals surface area contributed by atoms with E-state index in [1.807, 2.05) is 0 Å². The maximum Gasteiger partial charge on any atom is 0.0619 e. The van der Waals surface area contributed by atoms with Crippen LogP contribution in [0.3, 0.4) is 0 Å². The fourth-order valence-corrected chi connectivity index (χ4v) is 0.549. The summed E-state index contributed by atoms with van der Waals surface area (Å²) in [5.41, 5.74) is -2.91. The van der Waals surface area contributed by atoms with Crippen molar-refractivity contribution in [1.82, 2.24) is 0 Å². The number of hydrogen-bond acceptors (Lipinski definition) is 1. The lowest BCUT2D eigenvalue weighted by atomic mass is 10.1. The van der Waals surface area contributed by atoms with Crippen molar-refractivity contribution in [3.8, 4) is 0 Å². The third-order valence-electron chi connectivity index (χ3n) is 0.887. The zero-order valence-electron chi connectivity index (χ0n) is 10.9. The van der Waals surface area contributed by atoms with Crippen molar-refractivity contribution in [3.63, 3.8) is 0 Å². The second-order valence-corrected chi connectivity index (χ2v) is 1.56. The van der Waals surface area contributed by atoms with Gasteiger partial charge in [-0.1, -0.05) is 12.8 Å². The molecular formula is C6H12O. The van der Waals surface area contributed by atoms with Crippen LogP contribution in [-0.4, -0.2) is 10.7 Å². The van der Waals surface area contributed by atoms with E-state index in [2.05, 4.69) is 0 Å². The molecule has 0 atom stereocenters. The molecule has 0 bridgehead atoms. The van der Waals surface area contributed by atoms with Gasteiger partial charge in [0.25, 0.3) is 0 Å². The lowest BCUT2D eigenvalue weighted by molar-refractivity contribution is 0.0681. The highest BCUT2D eigenvalue weighted by molar-refractivity contribution is 4.78. The van der Waals surface area contributed by atoms with Crippen LogP contribution in [0, 0.1) is 0 Å². The third-order valence-corrected chi connectivity index (χ3v) is 0.887. The van der Waals surface area contributed by atoms with Gasteiger partial charge in [-0.2, -0.15) is 0 Å². The highest BCUT2D eigenvalue weighted by Crippen LogP contribution is 2.27. The van der Waals surface area contributed by atoms with Gasteiger partial charge in [-0.05, 0) is 19.6 Å². The Labute approximate surface area is 54.2 Å². The minimum absolute atomic E-state index is 0.283. The molecule has 1 saturated carbocycles. The normalized spacial score (nSPS) is 59.3. The molecular weight excluding hydrogens is 88.1 g/mol. The van der Waals surface area contributed by atoms with E-state index in [0.717, 1.165) is 0 Å². The van der Waals surface area contributed by atoms with Crippen LogP contribution >= 0.6 is 0 Å². The maximum absolute atomic E-state index is 9.77. The molecule has 0 aliphatic heterocycles. The van der Waals surface area contributed by atoms with Crippen LogP contribution in [0.5, 0.6) is 0 Å². The first-order chi connectivity index (χ1) is 5.96. The average molecular weight is 107 g/mol. The zero-order valence-corrected chi connectivity index (χ0v) is 3.86. The summed E-state index contributed by atoms with van der Waals surface area (Å²) in [5.74, 6) is 0. The molecule has 0 heterocycles. The Morgan fingerprint density at radius 1 is 1.71 bits per heavy atom. The smallest absolute Gasteiger partial charge is 0.0619 e. The molecule has 0 amide bonds. The highest BCUT2D eigenvalue weighted by Gasteiger charge is 2.24. The fourth-order valence-electron chi connectivity index (χ4n) is 0.549. The number of hydrogen-bond donors (Lipinski definition) is 1. The van der Waals surface area contributed by atoms with Gasteiger partial charge in [0.15, 0.2) is 0 Å². The Hall–Kier alpha value is -0.0400. The van der Waals surface area contributed by atoms with Crippen LogP contribution in [0.25, 0.3) is 0 Å². The molecule has 1 rings (SSSR count). The second-order valence-electron chi connectivity index (χ2n) is 1.56. The van der Waals surface area contributed by atoms with Crippen LogP contribution in [0.15, 0.2) is 0 Å². The van der Waals surface area contributed by atoms with Crippen LogP contribution in [0.2, 0.25) is 0 Å². The molecule has 0 aromatic rings. The van der Waals surface area contributed by atoms with Crippen LogP contribution < -0.4 is 0 Å². The molecule has 1 fully saturated rings. The molecule has 0 unspecified atom stereocenters. The fraction of sp³-hybridized carbons (Fsp3) is 1.00. The molecule has 0 aromatic carbocycles. The van der Waals surface area contributed by atoms with E-state index in [4.69, 9.17) is 9.60 Å². The van der Waals surface area contributed by atoms with E-state index in [1.54, 1.807) is 0 Å². The molecule has 1 heteroatoms. The first-order valence-corrected chi connectivity index (χ1v) is 2.18. The predicted molar refractivity (Wildman–Crippen MR) is 29.1 cm³/mol. The summed E-state index contributed by atoms with van der Waals surface area (Å²) >= 11 is 0. The summed E-state index contributed by atoms with van der Waals surface area (Å²) in [6.45, 7) is -3.06. The Kier molecular flexibility index (Phi) is 0.268. The van der Waals surface area contributed by atoms with E-state index in [9.17, 15) is 5.11 Å². The molecule has 1 N–H and O–H groups in total. The van der Waals surface area contributed by atoms with Crippen molar-refractivity contribution in [2.75, 3.05) is 0 Å². The second kappa shape index (κ2) is 1.48. The summed E-state index contributed by atoms with van der Waals surface area (Å²) in [6, 6.07) is 0. The zero-order chi connectivity index (χ0) is 11.4. The van der Waals surface area contributed by atoms with E-state index in [0.29, 0.717) is 0 Å². The highest BCUT2D eigenvalue weighted by atomic mass is 16.3. The van der Waals surface area contributed by atoms with Crippen molar-refractivity contribution in [1.29, 1.82) is 0 Å². The summed E-state index contributed by atoms with van der Waals surface area (Å²) in [6.07, 6.45) is -5.40. The van der Waals surface area contributed by atoms with Gasteiger partial charge in [0.2, 0.25) is 0 Å². The van der Waals surface area contributed by atoms with Gasteiger partial charge in [0, 0.05) is 9.60 Å². The van der Waals surface area contributed by atoms with Crippen LogP contribution in [-0.2, 0) is 0 Å². The van der Waals surface area contributed by atoms with Gasteiger partial charge in [0.05, 0.1) is 5.60 Å². The summed E-state index contributed by atoms with van der Waals surface area (Å²) in [5, 5.41) is 9.77. The largest absolute Gasteiger partial charge is 0.390 e. The van der Waals surface area contributed by atoms with E-state index >= 15 is 0 Å². The van der Waals surface area contributed by atoms with E-state index in [1.165, 1.54) is 0 Å². The average Bonchev–Trinajstić information content (AvgIpc) is 2.11. The van der Waals surface area contributed by atoms with Crippen LogP contribution in [0.1, 0.15) is 42.0 Å². The van der Waals surface area contributed by atoms with Crippen LogP contribution in [0.4, 0.5) is 0 Å². The summed E-state index contributed by atoms with van der Waals surface area (Å²) in [7, 11) is 0. The number of aliphatic hydroxyl groups is 1. The van der Waals surface area contributed by atoms with Gasteiger partial charge in [-0.15, -0.1) is 0 Å². The SMILES string of the molecule is [2H]C([2H])([2H])C1(O)C([2H])([2H])CCC1([2H])[2H]. The molecule has 7 heavy (non-hydrogen) atoms. The van der Waals surface area contributed by atoms with Crippen molar-refractivity contribution >= 4 is 0 Å². The Morgan fingerprint density at radius 2 is 2.29 bits per heavy atom. The molecule has 1 aliphatic carbocycles. The monoisotopic (exact) mass is 107 g/mol. The molecule has 0 saturated heterocycles. The number of rotatable bonds is 0. The molecule has 0 spiro atoms. The minimum atomic E-state index is -3.06. The molecule has 42 valence electrons. The van der Waals surface area contributed by atoms with Crippen molar-refractivity contribution < 1.29 is 14.7 Å². The Balaban J connectivity index is 3.27. The molecule has 0 aromatic heterocycles. The first kappa shape index (κ1) is 1.27. The van der Waals surface area contributed by atoms with Crippen molar-refractivity contribution in [2.24, 2.45) is 0 Å². The predicted octanol–water partition coefficient (Wildman–Crippen LogP) is 1.31. The Morgan fingerprint density at radius 3 is 2.57 bits per heavy atom. The lowest BCUT2D eigenvalue weighted by Gasteiger charge is -2.12. The quantitative estimate of drug-likeness (QED) is 0.495. The molecule has 1 aliphatic rings. The van der Waals surface area contributed by atoms with Crippen molar-refractivity contribution in [3.05, 3.63) is 0 Å². The van der Waals surface area contributed by atoms with Crippen molar-refractivity contribution in [2.45, 2.75) is 38.0 Å². The summed E-state index contributed by atoms with van der Waals surface area (Å²) < 4.78 is 50.6. The van der Waals surface area contributed by atoms with Gasteiger partial charge in [-0.3, -0.25) is 0 Å². The van der Waals surface area contributed by atoms with Gasteiger partial charge in [-0.25, -0.2) is 0 Å². The third kappa shape index (κ3) is 1.16. The maximum atomic E-state index is 9.77. The molecule has 0 radical (unpaired) electrons. The van der Waals surface area contributed by atoms with E-state index in [-0.39, 0.29) is 12.8 Å². The first-order valence-electron chi connectivity index (χ1n) is 5.68. The lowest BCUT2D eigenvalue weighted by Crippen LogP contribution is -2.17. The topological polar surface area (TPSA) is 20.2 Å². The standard InChI is InChI=1S/C6H12O/c1-6(7)4-2-3-5-6/h7H,2-5H2,1H3/i1D3,4D2,5D2. The van der Waals surface area contributed by atoms with Gasteiger partial charge < -0.3 is 5.11 Å². The summed E-state index contributed by atoms with van der Waals surface area (Å²) in [4.78, 5) is 0. The van der Waals surface area contributed by atoms with E-state index < -0.39 is 25.2 Å². The Bertz CT molecular complexity index is 227. The minimum Gasteiger partial charge on any atom is -0.390 e. The van der Waals surface area contributed by atoms with Gasteiger partial charge >= 0.3 is 0 Å². The molecule has 1 nitrogen and oxygen atoms in total. The van der Waals surface area contributed by atoms with Gasteiger partial charge in [0.1, 0.15) is 0 Å².